The maximum atomic E-state index is 14.3. The van der Waals surface area contributed by atoms with Gasteiger partial charge in [0.1, 0.15) is 24.0 Å². The molecule has 0 aromatic carbocycles. The number of hydrogen-bond donors (Lipinski definition) is 0. The van der Waals surface area contributed by atoms with Crippen LogP contribution in [0.5, 0.6) is 0 Å². The summed E-state index contributed by atoms with van der Waals surface area (Å²) in [5.74, 6) is 1.57. The van der Waals surface area contributed by atoms with E-state index in [2.05, 4.69) is 20.8 Å². The van der Waals surface area contributed by atoms with Gasteiger partial charge >= 0.3 is 11.9 Å². The molecule has 53 heavy (non-hydrogen) atoms. The summed E-state index contributed by atoms with van der Waals surface area (Å²) in [6, 6.07) is 0. The van der Waals surface area contributed by atoms with Gasteiger partial charge < -0.3 is 18.9 Å². The summed E-state index contributed by atoms with van der Waals surface area (Å²) in [6.07, 6.45) is 13.1. The van der Waals surface area contributed by atoms with Crippen molar-refractivity contribution in [2.24, 2.45) is 80.3 Å². The van der Waals surface area contributed by atoms with Gasteiger partial charge in [0, 0.05) is 47.3 Å². The molecule has 13 fully saturated rings. The van der Waals surface area contributed by atoms with Gasteiger partial charge in [0.05, 0.1) is 36.1 Å². The molecule has 0 aromatic heterocycles. The minimum atomic E-state index is -0.775. The van der Waals surface area contributed by atoms with E-state index in [9.17, 15) is 24.0 Å². The average Bonchev–Trinajstić information content (AvgIpc) is 3.11. The van der Waals surface area contributed by atoms with Crippen LogP contribution in [-0.2, 0) is 42.9 Å². The van der Waals surface area contributed by atoms with Gasteiger partial charge in [0.15, 0.2) is 5.79 Å². The third-order valence-corrected chi connectivity index (χ3v) is 17.0. The van der Waals surface area contributed by atoms with E-state index in [0.29, 0.717) is 101 Å². The van der Waals surface area contributed by atoms with Crippen molar-refractivity contribution in [1.29, 1.82) is 0 Å². The van der Waals surface area contributed by atoms with Crippen molar-refractivity contribution >= 4 is 29.3 Å². The molecule has 13 rings (SSSR count). The predicted molar refractivity (Wildman–Crippen MR) is 191 cm³/mol. The summed E-state index contributed by atoms with van der Waals surface area (Å²) in [5, 5.41) is 0. The van der Waals surface area contributed by atoms with Crippen LogP contribution in [-0.4, -0.2) is 61.5 Å². The molecule has 0 aromatic rings. The molecule has 9 nitrogen and oxygen atoms in total. The number of carbonyl (C=O) groups is 5. The molecule has 290 valence electrons. The fraction of sp³-hybridized carbons (Fsp3) is 0.886. The quantitative estimate of drug-likeness (QED) is 0.235. The van der Waals surface area contributed by atoms with Crippen LogP contribution in [0.1, 0.15) is 130 Å². The van der Waals surface area contributed by atoms with Gasteiger partial charge in [0.25, 0.3) is 0 Å². The monoisotopic (exact) mass is 732 g/mol. The Bertz CT molecular complexity index is 1490. The molecule has 0 radical (unpaired) electrons. The van der Waals surface area contributed by atoms with Crippen LogP contribution in [0.2, 0.25) is 0 Å². The summed E-state index contributed by atoms with van der Waals surface area (Å²) >= 11 is 0. The van der Waals surface area contributed by atoms with Gasteiger partial charge in [-0.15, -0.1) is 0 Å². The van der Waals surface area contributed by atoms with Crippen molar-refractivity contribution in [3.63, 3.8) is 0 Å². The SMILES string of the molecule is CC(C)(C)COC(=O)C12CC3CC(C1)C1(OCC(CCC(=O)C45CC6CC(C4)C(=O)C(C6)C5)(COC(=O)C45CC6CC(C4)C(=O)C(C6)C5)CO1)C(C3)C2. The Kier molecular flexibility index (Phi) is 7.80. The molecule has 1 aliphatic heterocycles. The van der Waals surface area contributed by atoms with Crippen LogP contribution in [0.15, 0.2) is 0 Å². The Balaban J connectivity index is 0.868. The zero-order chi connectivity index (χ0) is 36.8. The van der Waals surface area contributed by atoms with Crippen LogP contribution in [0.4, 0.5) is 0 Å². The van der Waals surface area contributed by atoms with Gasteiger partial charge in [-0.3, -0.25) is 24.0 Å². The van der Waals surface area contributed by atoms with Crippen LogP contribution in [0, 0.1) is 80.3 Å². The largest absolute Gasteiger partial charge is 0.465 e. The summed E-state index contributed by atoms with van der Waals surface area (Å²) < 4.78 is 26.4. The number of esters is 2. The minimum absolute atomic E-state index is 0.0142. The first kappa shape index (κ1) is 35.3. The smallest absolute Gasteiger partial charge is 0.312 e. The second kappa shape index (κ2) is 11.7. The highest BCUT2D eigenvalue weighted by Gasteiger charge is 2.68. The Morgan fingerprint density at radius 3 is 1.60 bits per heavy atom. The minimum Gasteiger partial charge on any atom is -0.465 e. The van der Waals surface area contributed by atoms with Crippen LogP contribution in [0.25, 0.3) is 0 Å². The molecule has 1 spiro atoms. The van der Waals surface area contributed by atoms with Crippen molar-refractivity contribution < 1.29 is 42.9 Å². The first-order valence-electron chi connectivity index (χ1n) is 21.4. The van der Waals surface area contributed by atoms with E-state index in [0.717, 1.165) is 57.8 Å². The molecular formula is C44H60O9. The summed E-state index contributed by atoms with van der Waals surface area (Å²) in [6.45, 7) is 7.48. The van der Waals surface area contributed by atoms with Gasteiger partial charge in [-0.05, 0) is 126 Å². The topological polar surface area (TPSA) is 122 Å². The van der Waals surface area contributed by atoms with Crippen molar-refractivity contribution in [1.82, 2.24) is 0 Å². The van der Waals surface area contributed by atoms with E-state index >= 15 is 0 Å². The summed E-state index contributed by atoms with van der Waals surface area (Å²) in [7, 11) is 0. The number of hydrogen-bond acceptors (Lipinski definition) is 9. The van der Waals surface area contributed by atoms with Crippen molar-refractivity contribution in [2.45, 2.75) is 136 Å². The van der Waals surface area contributed by atoms with Crippen molar-refractivity contribution in [3.05, 3.63) is 0 Å². The normalized spacial score (nSPS) is 49.9. The third-order valence-electron chi connectivity index (χ3n) is 17.0. The summed E-state index contributed by atoms with van der Waals surface area (Å²) in [5.41, 5.74) is -2.23. The molecule has 1 saturated heterocycles. The number of rotatable bonds is 9. The molecule has 6 atom stereocenters. The number of ketones is 3. The first-order chi connectivity index (χ1) is 25.1. The van der Waals surface area contributed by atoms with Crippen LogP contribution >= 0.6 is 0 Å². The van der Waals surface area contributed by atoms with Gasteiger partial charge in [-0.25, -0.2) is 0 Å². The maximum absolute atomic E-state index is 14.3. The van der Waals surface area contributed by atoms with E-state index in [1.54, 1.807) is 0 Å². The predicted octanol–water partition coefficient (Wildman–Crippen LogP) is 6.81. The van der Waals surface area contributed by atoms with Crippen LogP contribution in [0.3, 0.4) is 0 Å². The Labute approximate surface area is 314 Å². The fourth-order valence-corrected chi connectivity index (χ4v) is 15.1. The van der Waals surface area contributed by atoms with E-state index in [4.69, 9.17) is 18.9 Å². The molecule has 12 saturated carbocycles. The molecule has 13 aliphatic rings. The Morgan fingerprint density at radius 1 is 0.623 bits per heavy atom. The second-order valence-electron chi connectivity index (χ2n) is 22.1. The molecule has 9 heteroatoms. The molecule has 0 amide bonds. The first-order valence-corrected chi connectivity index (χ1v) is 21.4. The fourth-order valence-electron chi connectivity index (χ4n) is 15.1. The zero-order valence-electron chi connectivity index (χ0n) is 32.2. The molecule has 1 heterocycles. The summed E-state index contributed by atoms with van der Waals surface area (Å²) in [4.78, 5) is 68.0. The van der Waals surface area contributed by atoms with Gasteiger partial charge in [-0.1, -0.05) is 20.8 Å². The molecule has 12 aliphatic carbocycles. The lowest BCUT2D eigenvalue weighted by Crippen LogP contribution is -2.68. The highest BCUT2D eigenvalue weighted by Crippen LogP contribution is 2.67. The van der Waals surface area contributed by atoms with Gasteiger partial charge in [-0.2, -0.15) is 0 Å². The van der Waals surface area contributed by atoms with Crippen molar-refractivity contribution in [2.75, 3.05) is 26.4 Å². The number of carbonyl (C=O) groups excluding carboxylic acids is 5. The van der Waals surface area contributed by atoms with E-state index in [1.165, 1.54) is 0 Å². The number of ether oxygens (including phenoxy) is 4. The molecule has 0 N–H and O–H groups in total. The van der Waals surface area contributed by atoms with E-state index in [-0.39, 0.29) is 65.3 Å². The van der Waals surface area contributed by atoms with Crippen LogP contribution < -0.4 is 0 Å². The van der Waals surface area contributed by atoms with E-state index in [1.807, 2.05) is 0 Å². The Morgan fingerprint density at radius 2 is 1.08 bits per heavy atom. The zero-order valence-corrected chi connectivity index (χ0v) is 32.2. The standard InChI is InChI=1S/C44H60O9/c1-39(2,3)21-50-38(49)43-14-27-10-32(19-43)44(33(11-27)20-43)52-23-40(24-53-44,5-4-34(45)41-12-25-6-28(15-41)35(46)29(7-25)16-41)22-51-37(48)42-13-26-8-30(17-42)36(47)31(9-26)18-42/h25-33H,4-24H2,1-3H3. The number of Topliss-reactive ketones (excluding diaryl/α,β-unsaturated/α-hetero) is 3. The maximum Gasteiger partial charge on any atom is 0.312 e. The average molecular weight is 733 g/mol. The van der Waals surface area contributed by atoms with E-state index < -0.39 is 27.4 Å². The van der Waals surface area contributed by atoms with Crippen molar-refractivity contribution in [3.8, 4) is 0 Å². The highest BCUT2D eigenvalue weighted by molar-refractivity contribution is 5.92. The molecular weight excluding hydrogens is 672 g/mol. The van der Waals surface area contributed by atoms with Gasteiger partial charge in [0.2, 0.25) is 0 Å². The lowest BCUT2D eigenvalue weighted by atomic mass is 9.47. The lowest BCUT2D eigenvalue weighted by molar-refractivity contribution is -0.389. The lowest BCUT2D eigenvalue weighted by Gasteiger charge is -2.65. The Hall–Kier alpha value is -2.13. The highest BCUT2D eigenvalue weighted by atomic mass is 16.7. The molecule has 12 bridgehead atoms. The molecule has 6 unspecified atom stereocenters. The second-order valence-corrected chi connectivity index (χ2v) is 22.1. The third kappa shape index (κ3) is 5.45.